The molecule has 2 aromatic carbocycles. The SMILES string of the molecule is CCCc1ccc([C@H](NCC(=O)Nc2cc(S(C)(=O)=O)ccc2F)C(C)C)cc1. The fraction of sp³-hybridized carbons (Fsp3) is 0.409. The molecule has 1 amide bonds. The molecule has 0 aromatic heterocycles. The van der Waals surface area contributed by atoms with E-state index in [0.717, 1.165) is 36.8 Å². The van der Waals surface area contributed by atoms with Crippen molar-refractivity contribution in [3.63, 3.8) is 0 Å². The highest BCUT2D eigenvalue weighted by Crippen LogP contribution is 2.23. The quantitative estimate of drug-likeness (QED) is 0.599. The number of rotatable bonds is 9. The molecule has 0 aliphatic rings. The van der Waals surface area contributed by atoms with Crippen LogP contribution < -0.4 is 10.6 Å². The maximum Gasteiger partial charge on any atom is 0.238 e. The summed E-state index contributed by atoms with van der Waals surface area (Å²) in [6.07, 6.45) is 3.15. The van der Waals surface area contributed by atoms with Gasteiger partial charge in [0, 0.05) is 12.3 Å². The summed E-state index contributed by atoms with van der Waals surface area (Å²) in [5, 5.41) is 5.67. The summed E-state index contributed by atoms with van der Waals surface area (Å²) in [6.45, 7) is 6.23. The van der Waals surface area contributed by atoms with Gasteiger partial charge in [0.25, 0.3) is 0 Å². The number of halogens is 1. The zero-order chi connectivity index (χ0) is 21.6. The Morgan fingerprint density at radius 2 is 1.76 bits per heavy atom. The zero-order valence-electron chi connectivity index (χ0n) is 17.3. The molecule has 0 saturated carbocycles. The Bertz CT molecular complexity index is 941. The summed E-state index contributed by atoms with van der Waals surface area (Å²) in [5.74, 6) is -0.884. The molecular weight excluding hydrogens is 391 g/mol. The molecule has 0 radical (unpaired) electrons. The highest BCUT2D eigenvalue weighted by Gasteiger charge is 2.18. The van der Waals surface area contributed by atoms with Crippen LogP contribution in [-0.4, -0.2) is 27.1 Å². The van der Waals surface area contributed by atoms with Crippen LogP contribution in [-0.2, 0) is 21.1 Å². The molecule has 0 fully saturated rings. The fourth-order valence-corrected chi connectivity index (χ4v) is 3.79. The second-order valence-electron chi connectivity index (χ2n) is 7.56. The largest absolute Gasteiger partial charge is 0.322 e. The van der Waals surface area contributed by atoms with Gasteiger partial charge < -0.3 is 10.6 Å². The van der Waals surface area contributed by atoms with Crippen LogP contribution >= 0.6 is 0 Å². The van der Waals surface area contributed by atoms with Crippen molar-refractivity contribution in [2.24, 2.45) is 5.92 Å². The monoisotopic (exact) mass is 420 g/mol. The highest BCUT2D eigenvalue weighted by atomic mass is 32.2. The van der Waals surface area contributed by atoms with Crippen molar-refractivity contribution in [1.29, 1.82) is 0 Å². The normalized spacial score (nSPS) is 12.8. The Hall–Kier alpha value is -2.25. The van der Waals surface area contributed by atoms with Gasteiger partial charge in [-0.05, 0) is 41.7 Å². The lowest BCUT2D eigenvalue weighted by atomic mass is 9.94. The predicted octanol–water partition coefficient (Wildman–Crippen LogP) is 4.11. The first-order chi connectivity index (χ1) is 13.6. The lowest BCUT2D eigenvalue weighted by molar-refractivity contribution is -0.115. The van der Waals surface area contributed by atoms with E-state index in [4.69, 9.17) is 0 Å². The van der Waals surface area contributed by atoms with Crippen molar-refractivity contribution >= 4 is 21.4 Å². The van der Waals surface area contributed by atoms with Crippen molar-refractivity contribution in [3.05, 3.63) is 59.4 Å². The Morgan fingerprint density at radius 3 is 2.31 bits per heavy atom. The van der Waals surface area contributed by atoms with Gasteiger partial charge in [-0.25, -0.2) is 12.8 Å². The number of anilines is 1. The summed E-state index contributed by atoms with van der Waals surface area (Å²) in [6, 6.07) is 11.6. The van der Waals surface area contributed by atoms with Gasteiger partial charge >= 0.3 is 0 Å². The third-order valence-corrected chi connectivity index (χ3v) is 5.78. The molecular formula is C22H29FN2O3S. The van der Waals surface area contributed by atoms with Gasteiger partial charge in [0.15, 0.2) is 9.84 Å². The molecule has 158 valence electrons. The maximum atomic E-state index is 14.0. The van der Waals surface area contributed by atoms with E-state index in [1.807, 2.05) is 0 Å². The Labute approximate surface area is 172 Å². The summed E-state index contributed by atoms with van der Waals surface area (Å²) in [5.41, 5.74) is 2.21. The molecule has 1 atom stereocenters. The van der Waals surface area contributed by atoms with E-state index in [2.05, 4.69) is 55.7 Å². The van der Waals surface area contributed by atoms with Crippen molar-refractivity contribution in [2.75, 3.05) is 18.1 Å². The van der Waals surface area contributed by atoms with E-state index in [1.54, 1.807) is 0 Å². The fourth-order valence-electron chi connectivity index (χ4n) is 3.15. The molecule has 7 heteroatoms. The number of carbonyl (C=O) groups excluding carboxylic acids is 1. The molecule has 0 spiro atoms. The summed E-state index contributed by atoms with van der Waals surface area (Å²) in [4.78, 5) is 12.3. The predicted molar refractivity (Wildman–Crippen MR) is 114 cm³/mol. The molecule has 29 heavy (non-hydrogen) atoms. The van der Waals surface area contributed by atoms with E-state index in [1.165, 1.54) is 11.6 Å². The number of nitrogens with one attached hydrogen (secondary N) is 2. The molecule has 0 unspecified atom stereocenters. The minimum Gasteiger partial charge on any atom is -0.322 e. The molecule has 0 heterocycles. The maximum absolute atomic E-state index is 14.0. The van der Waals surface area contributed by atoms with E-state index >= 15 is 0 Å². The van der Waals surface area contributed by atoms with Crippen molar-refractivity contribution in [3.8, 4) is 0 Å². The number of amides is 1. The zero-order valence-corrected chi connectivity index (χ0v) is 18.1. The number of carbonyl (C=O) groups is 1. The lowest BCUT2D eigenvalue weighted by Crippen LogP contribution is -2.33. The van der Waals surface area contributed by atoms with Crippen LogP contribution in [0.1, 0.15) is 44.4 Å². The molecule has 0 aliphatic carbocycles. The van der Waals surface area contributed by atoms with Gasteiger partial charge in [-0.15, -0.1) is 0 Å². The van der Waals surface area contributed by atoms with Crippen LogP contribution in [0, 0.1) is 11.7 Å². The van der Waals surface area contributed by atoms with Crippen LogP contribution in [0.4, 0.5) is 10.1 Å². The van der Waals surface area contributed by atoms with Crippen LogP contribution in [0.25, 0.3) is 0 Å². The van der Waals surface area contributed by atoms with Crippen molar-refractivity contribution in [2.45, 2.75) is 44.6 Å². The molecule has 0 aliphatic heterocycles. The molecule has 0 bridgehead atoms. The Kier molecular flexibility index (Phi) is 7.93. The molecule has 0 saturated heterocycles. The van der Waals surface area contributed by atoms with Crippen molar-refractivity contribution in [1.82, 2.24) is 5.32 Å². The van der Waals surface area contributed by atoms with Crippen molar-refractivity contribution < 1.29 is 17.6 Å². The van der Waals surface area contributed by atoms with E-state index in [0.29, 0.717) is 0 Å². The van der Waals surface area contributed by atoms with E-state index in [-0.39, 0.29) is 29.1 Å². The second-order valence-corrected chi connectivity index (χ2v) is 9.57. The number of hydrogen-bond donors (Lipinski definition) is 2. The van der Waals surface area contributed by atoms with Crippen LogP contribution in [0.2, 0.25) is 0 Å². The first-order valence-corrected chi connectivity index (χ1v) is 11.6. The van der Waals surface area contributed by atoms with Gasteiger partial charge in [-0.2, -0.15) is 0 Å². The van der Waals surface area contributed by atoms with Gasteiger partial charge in [-0.3, -0.25) is 4.79 Å². The number of sulfone groups is 1. The lowest BCUT2D eigenvalue weighted by Gasteiger charge is -2.23. The minimum absolute atomic E-state index is 0.0257. The van der Waals surface area contributed by atoms with Gasteiger partial charge in [0.2, 0.25) is 5.91 Å². The smallest absolute Gasteiger partial charge is 0.238 e. The number of aryl methyl sites for hydroxylation is 1. The number of hydrogen-bond acceptors (Lipinski definition) is 4. The average Bonchev–Trinajstić information content (AvgIpc) is 2.64. The van der Waals surface area contributed by atoms with Gasteiger partial charge in [0.1, 0.15) is 5.82 Å². The number of benzene rings is 2. The minimum atomic E-state index is -3.49. The summed E-state index contributed by atoms with van der Waals surface area (Å²) < 4.78 is 37.3. The topological polar surface area (TPSA) is 75.3 Å². The molecule has 2 N–H and O–H groups in total. The van der Waals surface area contributed by atoms with Crippen LogP contribution in [0.3, 0.4) is 0 Å². The van der Waals surface area contributed by atoms with Crippen LogP contribution in [0.15, 0.2) is 47.4 Å². The molecule has 2 aromatic rings. The molecule has 2 rings (SSSR count). The first-order valence-electron chi connectivity index (χ1n) is 9.73. The summed E-state index contributed by atoms with van der Waals surface area (Å²) in [7, 11) is -3.49. The van der Waals surface area contributed by atoms with E-state index in [9.17, 15) is 17.6 Å². The Balaban J connectivity index is 2.06. The third kappa shape index (κ3) is 6.65. The van der Waals surface area contributed by atoms with Gasteiger partial charge in [0.05, 0.1) is 17.1 Å². The highest BCUT2D eigenvalue weighted by molar-refractivity contribution is 7.90. The Morgan fingerprint density at radius 1 is 1.10 bits per heavy atom. The standard InChI is InChI=1S/C22H29FN2O3S/c1-5-6-16-7-9-17(10-8-16)22(15(2)3)24-14-21(26)25-20-13-18(29(4,27)28)11-12-19(20)23/h7-13,15,22,24H,5-6,14H2,1-4H3,(H,25,26)/t22-/m1/s1. The second kappa shape index (κ2) is 9.98. The third-order valence-electron chi connectivity index (χ3n) is 4.67. The van der Waals surface area contributed by atoms with E-state index < -0.39 is 21.6 Å². The molecule has 5 nitrogen and oxygen atoms in total. The first kappa shape index (κ1) is 23.0. The van der Waals surface area contributed by atoms with Gasteiger partial charge in [-0.1, -0.05) is 51.5 Å². The average molecular weight is 421 g/mol. The summed E-state index contributed by atoms with van der Waals surface area (Å²) >= 11 is 0. The van der Waals surface area contributed by atoms with Crippen LogP contribution in [0.5, 0.6) is 0 Å².